The molecular formula is C22H21N5OS. The van der Waals surface area contributed by atoms with Crippen molar-refractivity contribution in [2.45, 2.75) is 18.2 Å². The quantitative estimate of drug-likeness (QED) is 0.477. The van der Waals surface area contributed by atoms with E-state index in [1.54, 1.807) is 30.5 Å². The van der Waals surface area contributed by atoms with E-state index in [-0.39, 0.29) is 5.91 Å². The molecule has 146 valence electrons. The van der Waals surface area contributed by atoms with E-state index in [4.69, 9.17) is 0 Å². The highest BCUT2D eigenvalue weighted by atomic mass is 32.2. The number of hydrogen-bond acceptors (Lipinski definition) is 4. The minimum Gasteiger partial charge on any atom is -0.348 e. The maximum Gasteiger partial charge on any atom is 0.251 e. The third-order valence-corrected chi connectivity index (χ3v) is 5.23. The number of benzene rings is 2. The first kappa shape index (κ1) is 19.0. The Bertz CT molecular complexity index is 1090. The van der Waals surface area contributed by atoms with Crippen LogP contribution in [0.3, 0.4) is 0 Å². The van der Waals surface area contributed by atoms with Crippen LogP contribution in [0.1, 0.15) is 21.5 Å². The van der Waals surface area contributed by atoms with E-state index in [2.05, 4.69) is 27.4 Å². The first-order valence-corrected chi connectivity index (χ1v) is 10.4. The van der Waals surface area contributed by atoms with E-state index >= 15 is 0 Å². The lowest BCUT2D eigenvalue weighted by Gasteiger charge is -2.09. The summed E-state index contributed by atoms with van der Waals surface area (Å²) in [6.07, 6.45) is 11.2. The zero-order valence-electron chi connectivity index (χ0n) is 16.0. The van der Waals surface area contributed by atoms with E-state index in [9.17, 15) is 4.79 Å². The molecule has 0 aliphatic heterocycles. The molecule has 2 heterocycles. The molecule has 6 nitrogen and oxygen atoms in total. The molecule has 7 heteroatoms. The fourth-order valence-corrected chi connectivity index (χ4v) is 3.65. The van der Waals surface area contributed by atoms with Crippen LogP contribution < -0.4 is 5.32 Å². The van der Waals surface area contributed by atoms with E-state index in [0.717, 1.165) is 23.0 Å². The van der Waals surface area contributed by atoms with Crippen LogP contribution in [0.4, 0.5) is 0 Å². The van der Waals surface area contributed by atoms with Gasteiger partial charge >= 0.3 is 0 Å². The molecule has 0 aliphatic rings. The zero-order valence-corrected chi connectivity index (χ0v) is 16.8. The molecule has 4 aromatic rings. The van der Waals surface area contributed by atoms with Crippen LogP contribution in [-0.4, -0.2) is 31.3 Å². The summed E-state index contributed by atoms with van der Waals surface area (Å²) >= 11 is 1.58. The van der Waals surface area contributed by atoms with Gasteiger partial charge in [0.25, 0.3) is 5.91 Å². The fourth-order valence-electron chi connectivity index (χ4n) is 3.12. The van der Waals surface area contributed by atoms with Gasteiger partial charge in [0.2, 0.25) is 0 Å². The number of carbonyl (C=O) groups excluding carboxylic acids is 1. The predicted octanol–water partition coefficient (Wildman–Crippen LogP) is 3.77. The summed E-state index contributed by atoms with van der Waals surface area (Å²) < 4.78 is 4.01. The maximum atomic E-state index is 12.5. The zero-order chi connectivity index (χ0) is 20.1. The van der Waals surface area contributed by atoms with Gasteiger partial charge in [-0.2, -0.15) is 0 Å². The molecule has 1 N–H and O–H groups in total. The number of imidazole rings is 2. The lowest BCUT2D eigenvalue weighted by Crippen LogP contribution is -2.22. The van der Waals surface area contributed by atoms with Crippen molar-refractivity contribution in [1.82, 2.24) is 24.4 Å². The molecule has 0 bridgehead atoms. The Morgan fingerprint density at radius 3 is 2.66 bits per heavy atom. The Labute approximate surface area is 173 Å². The van der Waals surface area contributed by atoms with Gasteiger partial charge in [0.15, 0.2) is 5.16 Å². The van der Waals surface area contributed by atoms with Crippen LogP contribution in [0.25, 0.3) is 5.69 Å². The third kappa shape index (κ3) is 4.57. The van der Waals surface area contributed by atoms with Crippen LogP contribution >= 0.6 is 11.8 Å². The Morgan fingerprint density at radius 1 is 1.07 bits per heavy atom. The average molecular weight is 404 g/mol. The lowest BCUT2D eigenvalue weighted by molar-refractivity contribution is 0.0951. The Kier molecular flexibility index (Phi) is 5.76. The van der Waals surface area contributed by atoms with Gasteiger partial charge in [-0.05, 0) is 41.6 Å². The van der Waals surface area contributed by atoms with Gasteiger partial charge in [-0.1, -0.05) is 36.0 Å². The summed E-state index contributed by atoms with van der Waals surface area (Å²) in [6, 6.07) is 15.7. The number of nitrogens with zero attached hydrogens (tertiary/aromatic N) is 4. The second kappa shape index (κ2) is 8.79. The summed E-state index contributed by atoms with van der Waals surface area (Å²) in [4.78, 5) is 20.9. The molecule has 0 aliphatic carbocycles. The van der Waals surface area contributed by atoms with Crippen molar-refractivity contribution >= 4 is 17.7 Å². The van der Waals surface area contributed by atoms with Crippen LogP contribution in [0, 0.1) is 0 Å². The number of hydrogen-bond donors (Lipinski definition) is 1. The summed E-state index contributed by atoms with van der Waals surface area (Å²) in [5.74, 6) is -0.0905. The average Bonchev–Trinajstić information content (AvgIpc) is 3.44. The largest absolute Gasteiger partial charge is 0.348 e. The number of rotatable bonds is 7. The van der Waals surface area contributed by atoms with Gasteiger partial charge in [-0.25, -0.2) is 9.97 Å². The smallest absolute Gasteiger partial charge is 0.251 e. The van der Waals surface area contributed by atoms with Crippen molar-refractivity contribution in [3.8, 4) is 5.69 Å². The molecule has 0 fully saturated rings. The molecule has 0 spiro atoms. The molecule has 29 heavy (non-hydrogen) atoms. The minimum absolute atomic E-state index is 0.0905. The molecular weight excluding hydrogens is 382 g/mol. The highest BCUT2D eigenvalue weighted by Gasteiger charge is 2.08. The van der Waals surface area contributed by atoms with Gasteiger partial charge < -0.3 is 9.88 Å². The molecule has 0 saturated heterocycles. The molecule has 1 amide bonds. The second-order valence-corrected chi connectivity index (χ2v) is 7.34. The number of nitrogens with one attached hydrogen (secondary N) is 1. The van der Waals surface area contributed by atoms with Gasteiger partial charge in [0.05, 0.1) is 6.33 Å². The van der Waals surface area contributed by atoms with Crippen molar-refractivity contribution in [3.63, 3.8) is 0 Å². The summed E-state index contributed by atoms with van der Waals surface area (Å²) in [5.41, 5.74) is 3.85. The van der Waals surface area contributed by atoms with Crippen LogP contribution in [0.2, 0.25) is 0 Å². The Hall–Kier alpha value is -3.32. The summed E-state index contributed by atoms with van der Waals surface area (Å²) in [7, 11) is 0. The van der Waals surface area contributed by atoms with Gasteiger partial charge in [-0.15, -0.1) is 0 Å². The van der Waals surface area contributed by atoms with Crippen molar-refractivity contribution < 1.29 is 4.79 Å². The Morgan fingerprint density at radius 2 is 1.90 bits per heavy atom. The predicted molar refractivity (Wildman–Crippen MR) is 114 cm³/mol. The summed E-state index contributed by atoms with van der Waals surface area (Å²) in [6.45, 7) is 1.24. The minimum atomic E-state index is -0.0905. The number of amides is 1. The number of carbonyl (C=O) groups is 1. The monoisotopic (exact) mass is 403 g/mol. The molecule has 0 atom stereocenters. The molecule has 2 aromatic carbocycles. The van der Waals surface area contributed by atoms with E-state index in [0.29, 0.717) is 12.1 Å². The SMILES string of the molecule is CSc1nccn1-c1ccc(C(=O)NCc2cccc(Cn3ccnc3)c2)cc1. The van der Waals surface area contributed by atoms with Gasteiger partial charge in [-0.3, -0.25) is 9.36 Å². The first-order chi connectivity index (χ1) is 14.2. The third-order valence-electron chi connectivity index (χ3n) is 4.57. The van der Waals surface area contributed by atoms with Crippen molar-refractivity contribution in [2.24, 2.45) is 0 Å². The maximum absolute atomic E-state index is 12.5. The molecule has 2 aromatic heterocycles. The molecule has 0 unspecified atom stereocenters. The fraction of sp³-hybridized carbons (Fsp3) is 0.136. The highest BCUT2D eigenvalue weighted by molar-refractivity contribution is 7.98. The number of thioether (sulfide) groups is 1. The Balaban J connectivity index is 1.38. The van der Waals surface area contributed by atoms with E-state index in [1.807, 2.05) is 64.2 Å². The molecule has 4 rings (SSSR count). The van der Waals surface area contributed by atoms with Crippen LogP contribution in [-0.2, 0) is 13.1 Å². The number of aromatic nitrogens is 4. The second-order valence-electron chi connectivity index (χ2n) is 6.57. The molecule has 0 saturated carbocycles. The topological polar surface area (TPSA) is 64.7 Å². The van der Waals surface area contributed by atoms with Gasteiger partial charge in [0.1, 0.15) is 0 Å². The first-order valence-electron chi connectivity index (χ1n) is 9.22. The van der Waals surface area contributed by atoms with E-state index in [1.165, 1.54) is 5.56 Å². The highest BCUT2D eigenvalue weighted by Crippen LogP contribution is 2.18. The standard InChI is InChI=1S/C22H21N5OS/c1-29-22-24-10-12-27(22)20-7-5-19(6-8-20)21(28)25-14-17-3-2-4-18(13-17)15-26-11-9-23-16-26/h2-13,16H,14-15H2,1H3,(H,25,28). The normalized spacial score (nSPS) is 10.8. The van der Waals surface area contributed by atoms with Crippen molar-refractivity contribution in [3.05, 3.63) is 96.3 Å². The van der Waals surface area contributed by atoms with Gasteiger partial charge in [0, 0.05) is 49.1 Å². The molecule has 0 radical (unpaired) electrons. The van der Waals surface area contributed by atoms with Crippen molar-refractivity contribution in [1.29, 1.82) is 0 Å². The lowest BCUT2D eigenvalue weighted by atomic mass is 10.1. The van der Waals surface area contributed by atoms with Crippen LogP contribution in [0.15, 0.2) is 84.8 Å². The summed E-state index contributed by atoms with van der Waals surface area (Å²) in [5, 5.41) is 3.91. The van der Waals surface area contributed by atoms with Crippen molar-refractivity contribution in [2.75, 3.05) is 6.26 Å². The van der Waals surface area contributed by atoms with Crippen LogP contribution in [0.5, 0.6) is 0 Å². The van der Waals surface area contributed by atoms with E-state index < -0.39 is 0 Å².